The number of amides is 13. The van der Waals surface area contributed by atoms with Crippen LogP contribution in [-0.4, -0.2) is 279 Å². The number of fused-ring (bicyclic) bond motifs is 4. The van der Waals surface area contributed by atoms with Crippen LogP contribution in [0.15, 0.2) is 104 Å². The number of unbranched alkanes of at least 4 members (excludes halogenated alkanes) is 2. The molecule has 41 nitrogen and oxygen atoms in total. The summed E-state index contributed by atoms with van der Waals surface area (Å²) in [6.07, 6.45) is 5.51. The van der Waals surface area contributed by atoms with Crippen molar-refractivity contribution < 1.29 is 81.8 Å². The molecule has 6 heterocycles. The summed E-state index contributed by atoms with van der Waals surface area (Å²) < 4.78 is 1.10. The van der Waals surface area contributed by atoms with Crippen LogP contribution in [0.5, 0.6) is 0 Å². The average Bonchev–Trinajstić information content (AvgIpc) is 1.80. The Hall–Kier alpha value is -13.3. The molecule has 0 aliphatic carbocycles. The molecule has 2 aliphatic rings. The molecule has 0 spiro atoms. The van der Waals surface area contributed by atoms with Gasteiger partial charge >= 0.3 is 0 Å². The van der Waals surface area contributed by atoms with E-state index >= 15 is 33.6 Å². The number of nitrogens with zero attached hydrogens (tertiary/aromatic N) is 9. The monoisotopic (exact) mass is 1860 g/mol. The number of likely N-dealkylation sites (N-methyl/N-ethyl adjacent to an activating group) is 3. The number of aromatic amines is 3. The molecule has 7 aromatic rings. The van der Waals surface area contributed by atoms with Gasteiger partial charge in [-0.2, -0.15) is 0 Å². The molecule has 0 saturated carbocycles. The van der Waals surface area contributed by atoms with Gasteiger partial charge in [-0.1, -0.05) is 120 Å². The lowest BCUT2D eigenvalue weighted by atomic mass is 9.90. The molecular weight excluding hydrogens is 1730 g/mol. The molecule has 19 N–H and O–H groups in total. The summed E-state index contributed by atoms with van der Waals surface area (Å²) in [5.41, 5.74) is 20.5. The smallest absolute Gasteiger partial charge is 0.246 e. The van der Waals surface area contributed by atoms with Gasteiger partial charge in [0.25, 0.3) is 0 Å². The van der Waals surface area contributed by atoms with Gasteiger partial charge in [-0.3, -0.25) is 82.1 Å². The number of para-hydroxylation sites is 2. The quantitative estimate of drug-likeness (QED) is 0.0206. The molecule has 13 amide bonds. The first kappa shape index (κ1) is 103. The number of rotatable bonds is 26. The molecule has 0 unspecified atom stereocenters. The number of imidazole rings is 1. The molecule has 718 valence electrons. The van der Waals surface area contributed by atoms with Gasteiger partial charge in [0.05, 0.1) is 74.2 Å². The summed E-state index contributed by atoms with van der Waals surface area (Å²) in [6, 6.07) is 9.33. The normalized spacial score (nSPS) is 23.4. The Kier molecular flexibility index (Phi) is 39.2. The number of hydrogen-bond donors (Lipinski definition) is 16. The van der Waals surface area contributed by atoms with E-state index in [0.29, 0.717) is 69.9 Å². The first-order valence-corrected chi connectivity index (χ1v) is 46.2. The van der Waals surface area contributed by atoms with Crippen molar-refractivity contribution in [3.8, 4) is 0 Å². The van der Waals surface area contributed by atoms with Crippen molar-refractivity contribution in [2.45, 2.75) is 217 Å². The number of tetrazole rings is 1. The minimum Gasteiger partial charge on any atom is -0.396 e. The van der Waals surface area contributed by atoms with Crippen LogP contribution in [0.3, 0.4) is 0 Å². The number of H-pyrrole nitrogens is 3. The number of guanidine groups is 1. The highest BCUT2D eigenvalue weighted by molar-refractivity contribution is 8.00. The number of carbonyl (C=O) groups is 16. The molecule has 9 rings (SSSR count). The standard InChI is InChI=1S/C91H126N24O17S/c1-9-11-29-71-75(118)39-55(24-20-32-97-91(94)95)83(125)107-70(86(128)100-46-78(93)121)49-133-50-80(123)103-66(35-54-22-14-13-15-23-54)81-108-109-110-115(81)53(5)82(124)104-69(42-77(92)120)89(131)114-33-21-31-72(114)76(119)40-56(36-60-45-96-51-101-60)84(126)105-67(34-52(3)4)87(129)111(6)47-79(122)102-65(37-57-43-98-63-27-18-16-25-61(57)63)74(117)41-59(48-116)85(127)106-68(38-58-44-99-64-28-19-17-26-62(58)64)88(130)113(8)73(30-12-10-2)90(132)112(71)7/h13-19,22-23,25-28,43-45,51-53,55-56,59,65-73,98-99,116H,9-12,20-21,24,29-42,46-50H2,1-8H3,(H2,92,120)(H2,93,121)(H,96,101)(H,100,128)(H,102,122)(H,103,123)(H,104,124)(H,105,126)(H,106,127)(H,107,125)(H4,94,95,97)/t53-,55+,56+,59-,65-,66-,67-,68-,69-,70-,71-,72-,73-/m0/s1. The minimum absolute atomic E-state index is 0.00838. The van der Waals surface area contributed by atoms with E-state index in [2.05, 4.69) is 78.0 Å². The number of aromatic nitrogens is 8. The van der Waals surface area contributed by atoms with Crippen LogP contribution in [-0.2, 0) is 102 Å². The van der Waals surface area contributed by atoms with E-state index in [0.717, 1.165) is 21.3 Å². The zero-order valence-electron chi connectivity index (χ0n) is 76.4. The third kappa shape index (κ3) is 29.6. The maximum absolute atomic E-state index is 15.7. The third-order valence-corrected chi connectivity index (χ3v) is 25.1. The summed E-state index contributed by atoms with van der Waals surface area (Å²) in [6.45, 7) is 6.43. The maximum atomic E-state index is 15.7. The second kappa shape index (κ2) is 50.4. The Morgan fingerprint density at radius 2 is 1.19 bits per heavy atom. The molecular formula is C91H126N24O17S. The van der Waals surface area contributed by atoms with Crippen LogP contribution in [0, 0.1) is 29.1 Å². The largest absolute Gasteiger partial charge is 0.396 e. The first-order chi connectivity index (χ1) is 63.6. The lowest BCUT2D eigenvalue weighted by Gasteiger charge is -2.36. The Balaban J connectivity index is 1.09. The van der Waals surface area contributed by atoms with E-state index in [-0.39, 0.29) is 107 Å². The number of nitrogens with one attached hydrogen (secondary N) is 12. The third-order valence-electron chi connectivity index (χ3n) is 24.0. The summed E-state index contributed by atoms with van der Waals surface area (Å²) in [4.78, 5) is 253. The van der Waals surface area contributed by atoms with E-state index < -0.39 is 223 Å². The zero-order valence-corrected chi connectivity index (χ0v) is 77.2. The Morgan fingerprint density at radius 1 is 0.594 bits per heavy atom. The highest BCUT2D eigenvalue weighted by Gasteiger charge is 2.44. The molecule has 133 heavy (non-hydrogen) atoms. The van der Waals surface area contributed by atoms with Crippen molar-refractivity contribution >= 4 is 134 Å². The molecule has 0 bridgehead atoms. The predicted octanol–water partition coefficient (Wildman–Crippen LogP) is 1.21. The molecule has 13 atom stereocenters. The molecule has 42 heteroatoms. The fraction of sp³-hybridized carbons (Fsp3) is 0.527. The van der Waals surface area contributed by atoms with E-state index in [1.807, 2.05) is 19.9 Å². The van der Waals surface area contributed by atoms with Crippen LogP contribution in [0.4, 0.5) is 0 Å². The van der Waals surface area contributed by atoms with Crippen molar-refractivity contribution in [2.24, 2.45) is 40.9 Å². The number of carbonyl (C=O) groups excluding carboxylic acids is 16. The van der Waals surface area contributed by atoms with Crippen LogP contribution in [0.1, 0.15) is 171 Å². The van der Waals surface area contributed by atoms with Crippen LogP contribution < -0.4 is 59.7 Å². The van der Waals surface area contributed by atoms with Crippen LogP contribution in [0.2, 0.25) is 0 Å². The SMILES string of the molecule is CCCC[C@H]1C(=O)N(C)[C@@H](CCCC)C(=O)C[C@@H](CCCNC(=N)N)C(=O)N[C@H](C(=O)NCC(N)=O)CSCC(=O)N[C@@H](Cc2ccccc2)c2nnnn2[C@@H](C)C(=O)N[C@@H](CC(N)=O)C(=O)N2CCC[C@H]2C(=O)C[C@@H](Cc2cnc[nH]2)C(=O)N[C@@H](CC(C)C)C(=O)N(C)CC(=O)N[C@@H](Cc2c[nH]c3ccccc23)C(=O)C[C@@H](CO)C(=O)N[C@@H](Cc2c[nH]c3ccccc23)C(=O)N1C. The summed E-state index contributed by atoms with van der Waals surface area (Å²) in [7, 11) is 4.13. The predicted molar refractivity (Wildman–Crippen MR) is 492 cm³/mol. The van der Waals surface area contributed by atoms with Crippen molar-refractivity contribution in [2.75, 3.05) is 65.4 Å². The molecule has 4 aromatic heterocycles. The topological polar surface area (TPSA) is 608 Å². The van der Waals surface area contributed by atoms with Gasteiger partial charge in [0.2, 0.25) is 76.8 Å². The van der Waals surface area contributed by atoms with Crippen molar-refractivity contribution in [1.82, 2.24) is 102 Å². The van der Waals surface area contributed by atoms with Gasteiger partial charge in [0.15, 0.2) is 29.1 Å². The lowest BCUT2D eigenvalue weighted by molar-refractivity contribution is -0.149. The number of Topliss-reactive ketones (excluding diaryl/α,β-unsaturated/α-hetero) is 3. The van der Waals surface area contributed by atoms with E-state index in [1.54, 1.807) is 99.0 Å². The molecule has 0 radical (unpaired) electrons. The first-order valence-electron chi connectivity index (χ1n) is 45.0. The molecule has 1 fully saturated rings. The number of benzene rings is 3. The lowest BCUT2D eigenvalue weighted by Crippen LogP contribution is -2.57. The van der Waals surface area contributed by atoms with Gasteiger partial charge in [-0.15, -0.1) is 16.9 Å². The fourth-order valence-corrected chi connectivity index (χ4v) is 17.7. The fourth-order valence-electron chi connectivity index (χ4n) is 16.8. The van der Waals surface area contributed by atoms with E-state index in [9.17, 15) is 48.3 Å². The Morgan fingerprint density at radius 3 is 1.81 bits per heavy atom. The number of aliphatic hydroxyl groups is 1. The van der Waals surface area contributed by atoms with Gasteiger partial charge < -0.3 is 99.4 Å². The number of thioether (sulfide) groups is 1. The Bertz CT molecular complexity index is 5230. The second-order valence-corrected chi connectivity index (χ2v) is 35.6. The maximum Gasteiger partial charge on any atom is 0.246 e. The number of aliphatic hydroxyl groups excluding tert-OH is 1. The number of ketones is 3. The number of nitrogens with two attached hydrogens (primary N) is 3. The van der Waals surface area contributed by atoms with Gasteiger partial charge in [-0.05, 0) is 97.0 Å². The number of hydrogen-bond acceptors (Lipinski definition) is 23. The van der Waals surface area contributed by atoms with Crippen molar-refractivity contribution in [1.29, 1.82) is 5.41 Å². The average molecular weight is 1860 g/mol. The van der Waals surface area contributed by atoms with Crippen molar-refractivity contribution in [3.63, 3.8) is 0 Å². The van der Waals surface area contributed by atoms with Crippen LogP contribution in [0.25, 0.3) is 21.8 Å². The summed E-state index contributed by atoms with van der Waals surface area (Å²) in [5.74, 6) is -18.4. The minimum atomic E-state index is -1.69. The van der Waals surface area contributed by atoms with Gasteiger partial charge in [0, 0.05) is 137 Å². The summed E-state index contributed by atoms with van der Waals surface area (Å²) in [5, 5.41) is 54.5. The highest BCUT2D eigenvalue weighted by Crippen LogP contribution is 2.30. The van der Waals surface area contributed by atoms with Crippen molar-refractivity contribution in [3.05, 3.63) is 132 Å². The zero-order chi connectivity index (χ0) is 96.7. The van der Waals surface area contributed by atoms with Gasteiger partial charge in [-0.25, -0.2) is 9.67 Å². The second-order valence-electron chi connectivity index (χ2n) is 34.6. The highest BCUT2D eigenvalue weighted by atomic mass is 32.2. The Labute approximate surface area is 774 Å². The number of primary amides is 2. The van der Waals surface area contributed by atoms with E-state index in [1.165, 1.54) is 55.3 Å². The van der Waals surface area contributed by atoms with Gasteiger partial charge in [0.1, 0.15) is 36.3 Å². The molecule has 1 saturated heterocycles. The molecule has 3 aromatic carbocycles. The van der Waals surface area contributed by atoms with Crippen LogP contribution >= 0.6 is 11.8 Å². The summed E-state index contributed by atoms with van der Waals surface area (Å²) >= 11 is 0.870. The molecule has 2 aliphatic heterocycles. The van der Waals surface area contributed by atoms with E-state index in [4.69, 9.17) is 22.6 Å².